The van der Waals surface area contributed by atoms with Crippen molar-refractivity contribution in [2.75, 3.05) is 46.4 Å². The molecule has 164 valence electrons. The van der Waals surface area contributed by atoms with Crippen LogP contribution in [0.2, 0.25) is 0 Å². The fraction of sp³-hybridized carbons (Fsp3) is 0.524. The first-order chi connectivity index (χ1) is 15.0. The van der Waals surface area contributed by atoms with Crippen LogP contribution in [0.15, 0.2) is 27.8 Å². The smallest absolute Gasteiger partial charge is 0.402 e. The molecule has 2 fully saturated rings. The molecule has 1 atom stereocenters. The van der Waals surface area contributed by atoms with Gasteiger partial charge in [-0.3, -0.25) is 19.5 Å². The van der Waals surface area contributed by atoms with Crippen LogP contribution in [0, 0.1) is 13.8 Å². The Morgan fingerprint density at radius 1 is 1.19 bits per heavy atom. The Bertz CT molecular complexity index is 1050. The largest absolute Gasteiger partial charge is 0.466 e. The van der Waals surface area contributed by atoms with Gasteiger partial charge in [0, 0.05) is 33.2 Å². The lowest BCUT2D eigenvalue weighted by atomic mass is 10.1. The van der Waals surface area contributed by atoms with E-state index in [0.29, 0.717) is 44.6 Å². The molecule has 3 aliphatic heterocycles. The summed E-state index contributed by atoms with van der Waals surface area (Å²) in [6.45, 7) is 8.50. The van der Waals surface area contributed by atoms with Gasteiger partial charge in [0.1, 0.15) is 23.7 Å². The molecule has 0 saturated carbocycles. The number of imidazole rings is 1. The maximum atomic E-state index is 13.5. The third-order valence-electron chi connectivity index (χ3n) is 6.46. The molecular formula is C21H27N6O4+. The molecule has 10 nitrogen and oxygen atoms in total. The van der Waals surface area contributed by atoms with Crippen molar-refractivity contribution in [2.24, 2.45) is 4.99 Å². The number of aliphatic imine (C=N–C) groups is 1. The molecule has 0 aromatic carbocycles. The lowest BCUT2D eigenvalue weighted by Gasteiger charge is -2.35. The summed E-state index contributed by atoms with van der Waals surface area (Å²) in [5, 5.41) is 0. The van der Waals surface area contributed by atoms with Gasteiger partial charge in [0.15, 0.2) is 0 Å². The van der Waals surface area contributed by atoms with Crippen LogP contribution in [0.1, 0.15) is 23.2 Å². The Hall–Kier alpha value is -2.98. The molecule has 2 saturated heterocycles. The molecule has 0 radical (unpaired) electrons. The van der Waals surface area contributed by atoms with Crippen molar-refractivity contribution in [1.29, 1.82) is 0 Å². The molecule has 5 rings (SSSR count). The number of imide groups is 1. The Labute approximate surface area is 180 Å². The quantitative estimate of drug-likeness (QED) is 0.660. The number of fused-ring (bicyclic) bond motifs is 3. The van der Waals surface area contributed by atoms with Crippen molar-refractivity contribution in [1.82, 2.24) is 19.3 Å². The van der Waals surface area contributed by atoms with Gasteiger partial charge >= 0.3 is 12.0 Å². The summed E-state index contributed by atoms with van der Waals surface area (Å²) in [5.74, 6) is 1.72. The summed E-state index contributed by atoms with van der Waals surface area (Å²) in [7, 11) is 1.69. The third kappa shape index (κ3) is 3.17. The highest BCUT2D eigenvalue weighted by molar-refractivity contribution is 6.20. The van der Waals surface area contributed by atoms with Crippen molar-refractivity contribution in [3.05, 3.63) is 35.5 Å². The van der Waals surface area contributed by atoms with Crippen molar-refractivity contribution < 1.29 is 23.3 Å². The second-order valence-electron chi connectivity index (χ2n) is 8.16. The monoisotopic (exact) mass is 427 g/mol. The van der Waals surface area contributed by atoms with Gasteiger partial charge in [0.25, 0.3) is 5.91 Å². The number of hydrogen-bond donors (Lipinski definition) is 0. The van der Waals surface area contributed by atoms with E-state index >= 15 is 0 Å². The first-order valence-corrected chi connectivity index (χ1v) is 10.6. The van der Waals surface area contributed by atoms with E-state index in [1.807, 2.05) is 35.1 Å². The van der Waals surface area contributed by atoms with E-state index in [1.54, 1.807) is 13.3 Å². The highest BCUT2D eigenvalue weighted by atomic mass is 16.5. The number of amidine groups is 1. The predicted octanol–water partition coefficient (Wildman–Crippen LogP) is 0.845. The van der Waals surface area contributed by atoms with E-state index in [1.165, 1.54) is 9.80 Å². The SMILES string of the molecule is Cc1c(C)[n+](Cc2ccco2)c2n1C1C(=O)N(CCN3CCOCC3)C(=O)N(C)C1=N2. The minimum Gasteiger partial charge on any atom is -0.466 e. The number of aromatic nitrogens is 2. The molecule has 0 N–H and O–H groups in total. The van der Waals surface area contributed by atoms with Gasteiger partial charge < -0.3 is 9.15 Å². The van der Waals surface area contributed by atoms with E-state index < -0.39 is 6.04 Å². The van der Waals surface area contributed by atoms with Crippen LogP contribution < -0.4 is 4.57 Å². The number of rotatable bonds is 5. The summed E-state index contributed by atoms with van der Waals surface area (Å²) in [6, 6.07) is 2.81. The third-order valence-corrected chi connectivity index (χ3v) is 6.46. The van der Waals surface area contributed by atoms with Gasteiger partial charge in [-0.15, -0.1) is 0 Å². The lowest BCUT2D eigenvalue weighted by Crippen LogP contribution is -2.59. The zero-order valence-electron chi connectivity index (χ0n) is 18.1. The number of amides is 3. The van der Waals surface area contributed by atoms with Crippen molar-refractivity contribution in [2.45, 2.75) is 26.4 Å². The average molecular weight is 427 g/mol. The number of hydrogen-bond acceptors (Lipinski definition) is 6. The van der Waals surface area contributed by atoms with E-state index in [2.05, 4.69) is 4.90 Å². The highest BCUT2D eigenvalue weighted by Gasteiger charge is 2.54. The lowest BCUT2D eigenvalue weighted by molar-refractivity contribution is -0.682. The molecule has 3 aliphatic rings. The first-order valence-electron chi connectivity index (χ1n) is 10.6. The summed E-state index contributed by atoms with van der Waals surface area (Å²) in [5.41, 5.74) is 1.97. The molecule has 0 spiro atoms. The normalized spacial score (nSPS) is 21.5. The zero-order chi connectivity index (χ0) is 21.7. The fourth-order valence-corrected chi connectivity index (χ4v) is 4.52. The molecule has 5 heterocycles. The summed E-state index contributed by atoms with van der Waals surface area (Å²) >= 11 is 0. The Morgan fingerprint density at radius 2 is 1.97 bits per heavy atom. The van der Waals surface area contributed by atoms with Crippen LogP contribution in [-0.4, -0.2) is 83.5 Å². The van der Waals surface area contributed by atoms with Crippen LogP contribution in [0.5, 0.6) is 0 Å². The molecule has 10 heteroatoms. The number of carbonyl (C=O) groups is 2. The van der Waals surface area contributed by atoms with E-state index in [9.17, 15) is 9.59 Å². The molecule has 3 amide bonds. The van der Waals surface area contributed by atoms with Crippen LogP contribution in [0.4, 0.5) is 10.7 Å². The van der Waals surface area contributed by atoms with Crippen LogP contribution >= 0.6 is 0 Å². The topological polar surface area (TPSA) is 87.4 Å². The number of carbonyl (C=O) groups excluding carboxylic acids is 2. The molecule has 2 aromatic heterocycles. The minimum atomic E-state index is -0.626. The van der Waals surface area contributed by atoms with Crippen molar-refractivity contribution in [3.8, 4) is 0 Å². The fourth-order valence-electron chi connectivity index (χ4n) is 4.52. The first kappa shape index (κ1) is 20.0. The van der Waals surface area contributed by atoms with Gasteiger partial charge in [-0.05, 0) is 26.0 Å². The molecule has 31 heavy (non-hydrogen) atoms. The zero-order valence-corrected chi connectivity index (χ0v) is 18.1. The molecular weight excluding hydrogens is 400 g/mol. The standard InChI is InChI=1S/C21H27N6O4/c1-14-15(2)27-17-18(22-20(27)26(14)13-16-5-4-10-31-16)23(3)21(29)25(19(17)28)7-6-24-8-11-30-12-9-24/h4-5,10,17H,6-9,11-13H2,1-3H3/q+1. The highest BCUT2D eigenvalue weighted by Crippen LogP contribution is 2.35. The molecule has 1 unspecified atom stereocenters. The molecule has 0 bridgehead atoms. The maximum Gasteiger partial charge on any atom is 0.402 e. The second kappa shape index (κ2) is 7.61. The van der Waals surface area contributed by atoms with E-state index in [-0.39, 0.29) is 11.9 Å². The van der Waals surface area contributed by atoms with Crippen LogP contribution in [0.25, 0.3) is 0 Å². The second-order valence-corrected chi connectivity index (χ2v) is 8.16. The Kier molecular flexibility index (Phi) is 4.90. The number of nitrogens with zero attached hydrogens (tertiary/aromatic N) is 6. The van der Waals surface area contributed by atoms with Gasteiger partial charge in [-0.25, -0.2) is 13.9 Å². The predicted molar refractivity (Wildman–Crippen MR) is 110 cm³/mol. The van der Waals surface area contributed by atoms with Gasteiger partial charge in [-0.2, -0.15) is 0 Å². The summed E-state index contributed by atoms with van der Waals surface area (Å²) < 4.78 is 14.9. The Morgan fingerprint density at radius 3 is 2.68 bits per heavy atom. The van der Waals surface area contributed by atoms with Crippen LogP contribution in [-0.2, 0) is 16.1 Å². The van der Waals surface area contributed by atoms with E-state index in [0.717, 1.165) is 30.2 Å². The molecule has 0 aliphatic carbocycles. The van der Waals surface area contributed by atoms with Crippen molar-refractivity contribution >= 4 is 23.7 Å². The number of furan rings is 1. The van der Waals surface area contributed by atoms with Gasteiger partial charge in [-0.1, -0.05) is 4.99 Å². The minimum absolute atomic E-state index is 0.225. The summed E-state index contributed by atoms with van der Waals surface area (Å²) in [6.07, 6.45) is 1.64. The molecule has 2 aromatic rings. The van der Waals surface area contributed by atoms with Crippen LogP contribution in [0.3, 0.4) is 0 Å². The number of likely N-dealkylation sites (N-methyl/N-ethyl adjacent to an activating group) is 1. The maximum absolute atomic E-state index is 13.5. The van der Waals surface area contributed by atoms with Gasteiger partial charge in [0.05, 0.1) is 19.5 Å². The summed E-state index contributed by atoms with van der Waals surface area (Å²) in [4.78, 5) is 36.3. The van der Waals surface area contributed by atoms with E-state index in [4.69, 9.17) is 14.1 Å². The number of morpholine rings is 1. The number of ether oxygens (including phenoxy) is 1. The van der Waals surface area contributed by atoms with Crippen molar-refractivity contribution in [3.63, 3.8) is 0 Å². The van der Waals surface area contributed by atoms with Gasteiger partial charge in [0.2, 0.25) is 11.9 Å². The average Bonchev–Trinajstić information content (AvgIpc) is 3.48. The number of urea groups is 1. The Balaban J connectivity index is 1.45.